The number of aromatic hydroxyl groups is 1. The summed E-state index contributed by atoms with van der Waals surface area (Å²) in [6.45, 7) is 1.86. The standard InChI is InChI=1S/C17H24N2O3/c1-11-7-8-15(20)13(9-11)17(22)19-14(10-16(18)21)12-5-3-2-4-6-12/h7-9,12,14,20H,2-6,10H2,1H3,(H2,18,21)(H,19,22). The summed E-state index contributed by atoms with van der Waals surface area (Å²) in [6, 6.07) is 4.64. The molecule has 120 valence electrons. The number of rotatable bonds is 5. The van der Waals surface area contributed by atoms with Crippen LogP contribution in [0.25, 0.3) is 0 Å². The Kier molecular flexibility index (Phi) is 5.41. The van der Waals surface area contributed by atoms with Crippen LogP contribution >= 0.6 is 0 Å². The van der Waals surface area contributed by atoms with Crippen LogP contribution in [0.4, 0.5) is 0 Å². The van der Waals surface area contributed by atoms with E-state index in [-0.39, 0.29) is 35.6 Å². The highest BCUT2D eigenvalue weighted by molar-refractivity contribution is 5.97. The first-order chi connectivity index (χ1) is 10.5. The Labute approximate surface area is 130 Å². The highest BCUT2D eigenvalue weighted by Crippen LogP contribution is 2.28. The molecule has 0 saturated heterocycles. The van der Waals surface area contributed by atoms with Crippen molar-refractivity contribution in [3.8, 4) is 5.75 Å². The van der Waals surface area contributed by atoms with E-state index < -0.39 is 5.91 Å². The van der Waals surface area contributed by atoms with Gasteiger partial charge in [0, 0.05) is 12.5 Å². The van der Waals surface area contributed by atoms with Crippen LogP contribution in [0.3, 0.4) is 0 Å². The van der Waals surface area contributed by atoms with Crippen molar-refractivity contribution in [3.05, 3.63) is 29.3 Å². The number of carbonyl (C=O) groups excluding carboxylic acids is 2. The SMILES string of the molecule is Cc1ccc(O)c(C(=O)NC(CC(N)=O)C2CCCCC2)c1. The first kappa shape index (κ1) is 16.3. The number of phenolic OH excluding ortho intramolecular Hbond substituents is 1. The summed E-state index contributed by atoms with van der Waals surface area (Å²) in [7, 11) is 0. The molecule has 1 aliphatic carbocycles. The first-order valence-electron chi connectivity index (χ1n) is 7.86. The lowest BCUT2D eigenvalue weighted by molar-refractivity contribution is -0.118. The smallest absolute Gasteiger partial charge is 0.255 e. The number of nitrogens with one attached hydrogen (secondary N) is 1. The van der Waals surface area contributed by atoms with Crippen molar-refractivity contribution < 1.29 is 14.7 Å². The van der Waals surface area contributed by atoms with Gasteiger partial charge in [-0.05, 0) is 37.8 Å². The van der Waals surface area contributed by atoms with Gasteiger partial charge in [0.2, 0.25) is 5.91 Å². The van der Waals surface area contributed by atoms with Gasteiger partial charge in [0.1, 0.15) is 5.75 Å². The average Bonchev–Trinajstić information content (AvgIpc) is 2.49. The van der Waals surface area contributed by atoms with Crippen LogP contribution in [-0.2, 0) is 4.79 Å². The molecule has 1 atom stereocenters. The molecule has 5 heteroatoms. The Balaban J connectivity index is 2.13. The zero-order chi connectivity index (χ0) is 16.1. The van der Waals surface area contributed by atoms with Gasteiger partial charge in [0.15, 0.2) is 0 Å². The van der Waals surface area contributed by atoms with Crippen molar-refractivity contribution >= 4 is 11.8 Å². The molecular formula is C17H24N2O3. The van der Waals surface area contributed by atoms with Crippen molar-refractivity contribution in [2.24, 2.45) is 11.7 Å². The minimum Gasteiger partial charge on any atom is -0.507 e. The summed E-state index contributed by atoms with van der Waals surface area (Å²) in [5.74, 6) is -0.538. The molecule has 1 aromatic carbocycles. The van der Waals surface area contributed by atoms with Crippen molar-refractivity contribution in [3.63, 3.8) is 0 Å². The number of amides is 2. The maximum atomic E-state index is 12.4. The van der Waals surface area contributed by atoms with E-state index in [1.54, 1.807) is 12.1 Å². The zero-order valence-corrected chi connectivity index (χ0v) is 13.0. The number of phenols is 1. The van der Waals surface area contributed by atoms with Crippen LogP contribution in [0.15, 0.2) is 18.2 Å². The van der Waals surface area contributed by atoms with E-state index in [0.717, 1.165) is 31.2 Å². The van der Waals surface area contributed by atoms with Crippen molar-refractivity contribution in [1.82, 2.24) is 5.32 Å². The fraction of sp³-hybridized carbons (Fsp3) is 0.529. The Bertz CT molecular complexity index is 551. The third kappa shape index (κ3) is 4.23. The quantitative estimate of drug-likeness (QED) is 0.779. The predicted octanol–water partition coefficient (Wildman–Crippen LogP) is 2.25. The van der Waals surface area contributed by atoms with E-state index in [4.69, 9.17) is 5.73 Å². The normalized spacial score (nSPS) is 17.0. The third-order valence-electron chi connectivity index (χ3n) is 4.35. The van der Waals surface area contributed by atoms with Crippen molar-refractivity contribution in [1.29, 1.82) is 0 Å². The van der Waals surface area contributed by atoms with E-state index in [0.29, 0.717) is 0 Å². The number of aryl methyl sites for hydroxylation is 1. The number of hydrogen-bond acceptors (Lipinski definition) is 3. The minimum absolute atomic E-state index is 0.0513. The van der Waals surface area contributed by atoms with Crippen LogP contribution in [0.5, 0.6) is 5.75 Å². The maximum Gasteiger partial charge on any atom is 0.255 e. The fourth-order valence-electron chi connectivity index (χ4n) is 3.17. The summed E-state index contributed by atoms with van der Waals surface area (Å²) >= 11 is 0. The van der Waals surface area contributed by atoms with Gasteiger partial charge in [0.25, 0.3) is 5.91 Å². The highest BCUT2D eigenvalue weighted by atomic mass is 16.3. The molecule has 1 aliphatic rings. The summed E-state index contributed by atoms with van der Waals surface area (Å²) in [5.41, 5.74) is 6.47. The van der Waals surface area contributed by atoms with Crippen LogP contribution in [0.1, 0.15) is 54.4 Å². The van der Waals surface area contributed by atoms with Crippen LogP contribution in [0.2, 0.25) is 0 Å². The van der Waals surface area contributed by atoms with Crippen LogP contribution in [-0.4, -0.2) is 23.0 Å². The summed E-state index contributed by atoms with van der Waals surface area (Å²) in [6.07, 6.45) is 5.57. The lowest BCUT2D eigenvalue weighted by Crippen LogP contribution is -2.43. The van der Waals surface area contributed by atoms with Gasteiger partial charge < -0.3 is 16.2 Å². The van der Waals surface area contributed by atoms with Gasteiger partial charge in [-0.1, -0.05) is 30.9 Å². The van der Waals surface area contributed by atoms with Gasteiger partial charge in [-0.3, -0.25) is 9.59 Å². The summed E-state index contributed by atoms with van der Waals surface area (Å²) < 4.78 is 0. The minimum atomic E-state index is -0.413. The molecule has 0 heterocycles. The molecule has 0 spiro atoms. The molecule has 5 nitrogen and oxygen atoms in total. The highest BCUT2D eigenvalue weighted by Gasteiger charge is 2.27. The van der Waals surface area contributed by atoms with Gasteiger partial charge in [0.05, 0.1) is 5.56 Å². The summed E-state index contributed by atoms with van der Waals surface area (Å²) in [4.78, 5) is 23.7. The molecule has 1 unspecified atom stereocenters. The fourth-order valence-corrected chi connectivity index (χ4v) is 3.17. The number of carbonyl (C=O) groups is 2. The molecule has 1 aromatic rings. The van der Waals surface area contributed by atoms with Gasteiger partial charge >= 0.3 is 0 Å². The molecule has 22 heavy (non-hydrogen) atoms. The van der Waals surface area contributed by atoms with Gasteiger partial charge in [-0.2, -0.15) is 0 Å². The lowest BCUT2D eigenvalue weighted by Gasteiger charge is -2.30. The second-order valence-corrected chi connectivity index (χ2v) is 6.17. The number of primary amides is 1. The van der Waals surface area contributed by atoms with E-state index in [1.165, 1.54) is 12.5 Å². The lowest BCUT2D eigenvalue weighted by atomic mass is 9.82. The van der Waals surface area contributed by atoms with E-state index in [9.17, 15) is 14.7 Å². The molecule has 0 aliphatic heterocycles. The molecular weight excluding hydrogens is 280 g/mol. The Morgan fingerprint density at radius 3 is 2.64 bits per heavy atom. The Morgan fingerprint density at radius 1 is 1.32 bits per heavy atom. The molecule has 2 rings (SSSR count). The van der Waals surface area contributed by atoms with Crippen LogP contribution in [0, 0.1) is 12.8 Å². The average molecular weight is 304 g/mol. The maximum absolute atomic E-state index is 12.4. The van der Waals surface area contributed by atoms with Gasteiger partial charge in [-0.15, -0.1) is 0 Å². The monoisotopic (exact) mass is 304 g/mol. The third-order valence-corrected chi connectivity index (χ3v) is 4.35. The topological polar surface area (TPSA) is 92.4 Å². The first-order valence-corrected chi connectivity index (χ1v) is 7.86. The molecule has 0 aromatic heterocycles. The molecule has 1 fully saturated rings. The number of benzene rings is 1. The molecule has 0 radical (unpaired) electrons. The van der Waals surface area contributed by atoms with Crippen molar-refractivity contribution in [2.75, 3.05) is 0 Å². The van der Waals surface area contributed by atoms with Crippen LogP contribution < -0.4 is 11.1 Å². The largest absolute Gasteiger partial charge is 0.507 e. The predicted molar refractivity (Wildman–Crippen MR) is 84.5 cm³/mol. The van der Waals surface area contributed by atoms with E-state index >= 15 is 0 Å². The molecule has 2 amide bonds. The molecule has 0 bridgehead atoms. The second-order valence-electron chi connectivity index (χ2n) is 6.17. The molecule has 4 N–H and O–H groups in total. The van der Waals surface area contributed by atoms with E-state index in [1.807, 2.05) is 6.92 Å². The van der Waals surface area contributed by atoms with Gasteiger partial charge in [-0.25, -0.2) is 0 Å². The number of nitrogens with two attached hydrogens (primary N) is 1. The van der Waals surface area contributed by atoms with Crippen molar-refractivity contribution in [2.45, 2.75) is 51.5 Å². The van der Waals surface area contributed by atoms with E-state index in [2.05, 4.69) is 5.32 Å². The zero-order valence-electron chi connectivity index (χ0n) is 13.0. The summed E-state index contributed by atoms with van der Waals surface area (Å²) in [5, 5.41) is 12.8. The Morgan fingerprint density at radius 2 is 2.00 bits per heavy atom. The second kappa shape index (κ2) is 7.29. The molecule has 1 saturated carbocycles. The Hall–Kier alpha value is -2.04. The number of hydrogen-bond donors (Lipinski definition) is 3.